The number of amides is 2. The first kappa shape index (κ1) is 21.5. The van der Waals surface area contributed by atoms with Crippen molar-refractivity contribution in [1.29, 1.82) is 0 Å². The normalized spacial score (nSPS) is 15.3. The van der Waals surface area contributed by atoms with Crippen LogP contribution in [-0.4, -0.2) is 52.8 Å². The Hall–Kier alpha value is -2.25. The molecule has 0 radical (unpaired) electrons. The van der Waals surface area contributed by atoms with E-state index in [0.717, 1.165) is 43.2 Å². The summed E-state index contributed by atoms with van der Waals surface area (Å²) in [5.41, 5.74) is 2.42. The van der Waals surface area contributed by atoms with Crippen LogP contribution in [-0.2, 0) is 11.3 Å². The zero-order chi connectivity index (χ0) is 20.8. The lowest BCUT2D eigenvalue weighted by molar-refractivity contribution is -0.121. The number of nitrogens with one attached hydrogen (secondary N) is 1. The second-order valence-corrected chi connectivity index (χ2v) is 8.52. The van der Waals surface area contributed by atoms with E-state index in [2.05, 4.69) is 20.6 Å². The van der Waals surface area contributed by atoms with Gasteiger partial charge in [-0.05, 0) is 64.9 Å². The highest BCUT2D eigenvalue weighted by atomic mass is 32.1. The molecule has 0 bridgehead atoms. The van der Waals surface area contributed by atoms with Crippen LogP contribution in [0.25, 0.3) is 0 Å². The van der Waals surface area contributed by atoms with Crippen molar-refractivity contribution in [2.24, 2.45) is 5.92 Å². The Morgan fingerprint density at radius 1 is 1.24 bits per heavy atom. The summed E-state index contributed by atoms with van der Waals surface area (Å²) >= 11 is 1.68. The van der Waals surface area contributed by atoms with Crippen LogP contribution in [0.1, 0.15) is 47.7 Å². The number of hydrogen-bond acceptors (Lipinski definition) is 5. The Kier molecular flexibility index (Phi) is 7.39. The van der Waals surface area contributed by atoms with E-state index < -0.39 is 0 Å². The number of hydrogen-bond donors (Lipinski definition) is 1. The molecule has 2 aromatic rings. The molecule has 0 unspecified atom stereocenters. The minimum atomic E-state index is -0.00307. The molecule has 1 N–H and O–H groups in total. The average molecular weight is 415 g/mol. The van der Waals surface area contributed by atoms with Crippen molar-refractivity contribution < 1.29 is 9.59 Å². The summed E-state index contributed by atoms with van der Waals surface area (Å²) in [6.07, 6.45) is 1.68. The highest BCUT2D eigenvalue weighted by Gasteiger charge is 2.25. The number of anilines is 1. The van der Waals surface area contributed by atoms with Crippen LogP contribution in [0.2, 0.25) is 0 Å². The second-order valence-electron chi connectivity index (χ2n) is 7.46. The molecule has 1 aliphatic heterocycles. The van der Waals surface area contributed by atoms with Gasteiger partial charge in [-0.1, -0.05) is 6.07 Å². The van der Waals surface area contributed by atoms with Crippen molar-refractivity contribution in [2.45, 2.75) is 40.2 Å². The van der Waals surface area contributed by atoms with E-state index in [9.17, 15) is 9.59 Å². The van der Waals surface area contributed by atoms with Gasteiger partial charge in [-0.3, -0.25) is 14.5 Å². The summed E-state index contributed by atoms with van der Waals surface area (Å²) in [6, 6.07) is 7.24. The quantitative estimate of drug-likeness (QED) is 0.749. The molecule has 1 aliphatic rings. The molecule has 29 heavy (non-hydrogen) atoms. The third kappa shape index (κ3) is 5.64. The smallest absolute Gasteiger partial charge is 0.253 e. The lowest BCUT2D eigenvalue weighted by Gasteiger charge is -2.30. The number of likely N-dealkylation sites (tertiary alicyclic amines) is 1. The summed E-state index contributed by atoms with van der Waals surface area (Å²) in [5.74, 6) is 0.0452. The van der Waals surface area contributed by atoms with Crippen molar-refractivity contribution in [3.8, 4) is 0 Å². The minimum absolute atomic E-state index is 0.00307. The highest BCUT2D eigenvalue weighted by molar-refractivity contribution is 7.09. The van der Waals surface area contributed by atoms with Crippen LogP contribution < -0.4 is 5.32 Å². The van der Waals surface area contributed by atoms with E-state index in [-0.39, 0.29) is 17.7 Å². The van der Waals surface area contributed by atoms with Gasteiger partial charge in [-0.25, -0.2) is 4.98 Å². The number of benzene rings is 1. The zero-order valence-electron chi connectivity index (χ0n) is 17.5. The first-order valence-electron chi connectivity index (χ1n) is 10.3. The molecule has 2 heterocycles. The molecule has 6 nitrogen and oxygen atoms in total. The number of piperidine rings is 1. The fraction of sp³-hybridized carbons (Fsp3) is 0.500. The predicted molar refractivity (Wildman–Crippen MR) is 117 cm³/mol. The lowest BCUT2D eigenvalue weighted by atomic mass is 9.95. The predicted octanol–water partition coefficient (Wildman–Crippen LogP) is 3.78. The van der Waals surface area contributed by atoms with Gasteiger partial charge in [0.1, 0.15) is 0 Å². The molecule has 156 valence electrons. The topological polar surface area (TPSA) is 65.5 Å². The number of carbonyl (C=O) groups excluding carboxylic acids is 2. The Morgan fingerprint density at radius 2 is 1.97 bits per heavy atom. The van der Waals surface area contributed by atoms with Gasteiger partial charge in [0.2, 0.25) is 5.91 Å². The molecule has 3 rings (SSSR count). The van der Waals surface area contributed by atoms with Gasteiger partial charge < -0.3 is 10.2 Å². The van der Waals surface area contributed by atoms with Crippen molar-refractivity contribution in [3.05, 3.63) is 45.9 Å². The monoisotopic (exact) mass is 414 g/mol. The van der Waals surface area contributed by atoms with Gasteiger partial charge in [0.05, 0.1) is 10.7 Å². The second kappa shape index (κ2) is 9.98. The third-order valence-electron chi connectivity index (χ3n) is 5.44. The number of carbonyl (C=O) groups is 2. The van der Waals surface area contributed by atoms with E-state index in [1.165, 1.54) is 0 Å². The summed E-state index contributed by atoms with van der Waals surface area (Å²) in [6.45, 7) is 9.95. The maximum absolute atomic E-state index is 12.7. The molecular weight excluding hydrogens is 384 g/mol. The van der Waals surface area contributed by atoms with Crippen molar-refractivity contribution in [1.82, 2.24) is 14.8 Å². The molecule has 7 heteroatoms. The van der Waals surface area contributed by atoms with Crippen LogP contribution in [0.15, 0.2) is 29.6 Å². The van der Waals surface area contributed by atoms with Gasteiger partial charge in [0.15, 0.2) is 0 Å². The van der Waals surface area contributed by atoms with E-state index in [4.69, 9.17) is 0 Å². The zero-order valence-corrected chi connectivity index (χ0v) is 18.3. The minimum Gasteiger partial charge on any atom is -0.339 e. The number of aromatic nitrogens is 1. The van der Waals surface area contributed by atoms with Crippen molar-refractivity contribution in [3.63, 3.8) is 0 Å². The molecule has 0 atom stereocenters. The molecule has 2 amide bonds. The Balaban J connectivity index is 1.53. The van der Waals surface area contributed by atoms with E-state index in [0.29, 0.717) is 24.3 Å². The molecule has 0 saturated carbocycles. The SMILES string of the molecule is CCN(CC)C(=O)c1cccc(NC(=O)C2CCN(Cc3csc(C)n3)CC2)c1. The lowest BCUT2D eigenvalue weighted by Crippen LogP contribution is -2.37. The standard InChI is InChI=1S/C22H30N4O2S/c1-4-26(5-2)22(28)18-7-6-8-19(13-18)24-21(27)17-9-11-25(12-10-17)14-20-15-29-16(3)23-20/h6-8,13,15,17H,4-5,9-12,14H2,1-3H3,(H,24,27). The number of thiazole rings is 1. The van der Waals surface area contributed by atoms with Crippen LogP contribution in [0, 0.1) is 12.8 Å². The summed E-state index contributed by atoms with van der Waals surface area (Å²) in [5, 5.41) is 6.22. The Labute approximate surface area is 176 Å². The average Bonchev–Trinajstić information content (AvgIpc) is 3.14. The van der Waals surface area contributed by atoms with E-state index >= 15 is 0 Å². The summed E-state index contributed by atoms with van der Waals surface area (Å²) < 4.78 is 0. The fourth-order valence-corrected chi connectivity index (χ4v) is 4.33. The van der Waals surface area contributed by atoms with Gasteiger partial charge in [0.25, 0.3) is 5.91 Å². The third-order valence-corrected chi connectivity index (χ3v) is 6.26. The van der Waals surface area contributed by atoms with Gasteiger partial charge in [-0.15, -0.1) is 11.3 Å². The first-order chi connectivity index (χ1) is 14.0. The number of rotatable bonds is 7. The molecule has 1 fully saturated rings. The fourth-order valence-electron chi connectivity index (χ4n) is 3.73. The van der Waals surface area contributed by atoms with Crippen LogP contribution in [0.3, 0.4) is 0 Å². The van der Waals surface area contributed by atoms with Gasteiger partial charge >= 0.3 is 0 Å². The molecule has 1 aromatic heterocycles. The summed E-state index contributed by atoms with van der Waals surface area (Å²) in [7, 11) is 0. The van der Waals surface area contributed by atoms with Gasteiger partial charge in [0, 0.05) is 42.2 Å². The maximum atomic E-state index is 12.7. The first-order valence-corrected chi connectivity index (χ1v) is 11.2. The molecule has 0 aliphatic carbocycles. The molecule has 0 spiro atoms. The van der Waals surface area contributed by atoms with Crippen LogP contribution in [0.4, 0.5) is 5.69 Å². The number of nitrogens with zero attached hydrogens (tertiary/aromatic N) is 3. The number of aryl methyl sites for hydroxylation is 1. The van der Waals surface area contributed by atoms with Crippen molar-refractivity contribution >= 4 is 28.8 Å². The summed E-state index contributed by atoms with van der Waals surface area (Å²) in [4.78, 5) is 33.9. The largest absolute Gasteiger partial charge is 0.339 e. The molecule has 1 saturated heterocycles. The van der Waals surface area contributed by atoms with Crippen LogP contribution >= 0.6 is 11.3 Å². The Bertz CT molecular complexity index is 839. The van der Waals surface area contributed by atoms with Crippen molar-refractivity contribution in [2.75, 3.05) is 31.5 Å². The van der Waals surface area contributed by atoms with E-state index in [1.807, 2.05) is 32.9 Å². The maximum Gasteiger partial charge on any atom is 0.253 e. The van der Waals surface area contributed by atoms with Gasteiger partial charge in [-0.2, -0.15) is 0 Å². The molecule has 1 aromatic carbocycles. The van der Waals surface area contributed by atoms with E-state index in [1.54, 1.807) is 28.4 Å². The highest BCUT2D eigenvalue weighted by Crippen LogP contribution is 2.22. The Morgan fingerprint density at radius 3 is 2.59 bits per heavy atom. The molecular formula is C22H30N4O2S. The van der Waals surface area contributed by atoms with Crippen LogP contribution in [0.5, 0.6) is 0 Å².